The minimum Gasteiger partial charge on any atom is -0.357 e. The average Bonchev–Trinajstić information content (AvgIpc) is 2.75. The van der Waals surface area contributed by atoms with Gasteiger partial charge in [0.2, 0.25) is 15.9 Å². The quantitative estimate of drug-likeness (QED) is 0.396. The monoisotopic (exact) mass is 429 g/mol. The number of anilines is 1. The summed E-state index contributed by atoms with van der Waals surface area (Å²) in [4.78, 5) is 16.8. The predicted octanol–water partition coefficient (Wildman–Crippen LogP) is 1.78. The first-order valence-electron chi connectivity index (χ1n) is 9.86. The summed E-state index contributed by atoms with van der Waals surface area (Å²) in [5.74, 6) is 0.719. The highest BCUT2D eigenvalue weighted by Gasteiger charge is 2.24. The van der Waals surface area contributed by atoms with E-state index >= 15 is 0 Å². The topological polar surface area (TPSA) is 112 Å². The molecule has 1 aliphatic heterocycles. The summed E-state index contributed by atoms with van der Waals surface area (Å²) in [6.07, 6.45) is 0.421. The number of sulfonamides is 1. The van der Waals surface area contributed by atoms with Gasteiger partial charge < -0.3 is 16.0 Å². The first-order chi connectivity index (χ1) is 14.4. The SMILES string of the molecule is CCNC(=NCc1ccc(S(=O)(=O)NC)cc1)NCC1CC(=O)Nc2ccccc21. The molecular weight excluding hydrogens is 402 g/mol. The summed E-state index contributed by atoms with van der Waals surface area (Å²) >= 11 is 0. The molecule has 8 nitrogen and oxygen atoms in total. The van der Waals surface area contributed by atoms with Gasteiger partial charge in [-0.1, -0.05) is 30.3 Å². The number of para-hydroxylation sites is 1. The average molecular weight is 430 g/mol. The van der Waals surface area contributed by atoms with Crippen LogP contribution in [-0.2, 0) is 21.4 Å². The van der Waals surface area contributed by atoms with E-state index in [-0.39, 0.29) is 16.7 Å². The molecule has 0 aliphatic carbocycles. The molecule has 2 aromatic rings. The summed E-state index contributed by atoms with van der Waals surface area (Å²) in [6, 6.07) is 14.5. The Balaban J connectivity index is 1.66. The Bertz CT molecular complexity index is 1020. The van der Waals surface area contributed by atoms with Crippen molar-refractivity contribution in [1.82, 2.24) is 15.4 Å². The molecule has 160 valence electrons. The number of nitrogens with one attached hydrogen (secondary N) is 4. The van der Waals surface area contributed by atoms with Crippen LogP contribution in [-0.4, -0.2) is 40.4 Å². The lowest BCUT2D eigenvalue weighted by Gasteiger charge is -2.26. The Morgan fingerprint density at radius 2 is 1.87 bits per heavy atom. The predicted molar refractivity (Wildman–Crippen MR) is 118 cm³/mol. The van der Waals surface area contributed by atoms with Crippen molar-refractivity contribution in [2.24, 2.45) is 4.99 Å². The molecule has 1 amide bonds. The minimum atomic E-state index is -3.45. The first-order valence-corrected chi connectivity index (χ1v) is 11.3. The lowest BCUT2D eigenvalue weighted by molar-refractivity contribution is -0.116. The Hall–Kier alpha value is -2.91. The molecule has 1 aliphatic rings. The van der Waals surface area contributed by atoms with Crippen LogP contribution < -0.4 is 20.7 Å². The number of aliphatic imine (C=N–C) groups is 1. The van der Waals surface area contributed by atoms with Crippen LogP contribution >= 0.6 is 0 Å². The normalized spacial score (nSPS) is 16.5. The van der Waals surface area contributed by atoms with E-state index in [0.29, 0.717) is 32.0 Å². The van der Waals surface area contributed by atoms with E-state index in [1.165, 1.54) is 7.05 Å². The third kappa shape index (κ3) is 5.37. The molecule has 1 unspecified atom stereocenters. The number of hydrogen-bond donors (Lipinski definition) is 4. The van der Waals surface area contributed by atoms with Crippen molar-refractivity contribution in [3.05, 3.63) is 59.7 Å². The van der Waals surface area contributed by atoms with Gasteiger partial charge in [0.05, 0.1) is 11.4 Å². The van der Waals surface area contributed by atoms with Crippen LogP contribution in [0.3, 0.4) is 0 Å². The number of amides is 1. The molecule has 2 aromatic carbocycles. The van der Waals surface area contributed by atoms with Gasteiger partial charge in [0.15, 0.2) is 5.96 Å². The van der Waals surface area contributed by atoms with Gasteiger partial charge in [-0.3, -0.25) is 4.79 Å². The van der Waals surface area contributed by atoms with E-state index in [2.05, 4.69) is 25.7 Å². The Kier molecular flexibility index (Phi) is 7.07. The molecule has 30 heavy (non-hydrogen) atoms. The number of carbonyl (C=O) groups excluding carboxylic acids is 1. The van der Waals surface area contributed by atoms with Crippen molar-refractivity contribution in [3.8, 4) is 0 Å². The van der Waals surface area contributed by atoms with E-state index in [0.717, 1.165) is 16.8 Å². The summed E-state index contributed by atoms with van der Waals surface area (Å²) in [6.45, 7) is 3.66. The van der Waals surface area contributed by atoms with Crippen molar-refractivity contribution < 1.29 is 13.2 Å². The first kappa shape index (κ1) is 21.8. The number of fused-ring (bicyclic) bond motifs is 1. The van der Waals surface area contributed by atoms with Gasteiger partial charge in [-0.2, -0.15) is 0 Å². The van der Waals surface area contributed by atoms with Gasteiger partial charge in [-0.05, 0) is 43.3 Å². The second-order valence-electron chi connectivity index (χ2n) is 6.96. The molecule has 0 radical (unpaired) electrons. The zero-order valence-electron chi connectivity index (χ0n) is 17.1. The van der Waals surface area contributed by atoms with Crippen LogP contribution in [0.2, 0.25) is 0 Å². The van der Waals surface area contributed by atoms with Crippen LogP contribution in [0.25, 0.3) is 0 Å². The fraction of sp³-hybridized carbons (Fsp3) is 0.333. The summed E-state index contributed by atoms with van der Waals surface area (Å²) in [5, 5.41) is 9.43. The lowest BCUT2D eigenvalue weighted by Crippen LogP contribution is -2.40. The van der Waals surface area contributed by atoms with Gasteiger partial charge >= 0.3 is 0 Å². The largest absolute Gasteiger partial charge is 0.357 e. The van der Waals surface area contributed by atoms with Gasteiger partial charge in [-0.25, -0.2) is 18.1 Å². The minimum absolute atomic E-state index is 0.0130. The summed E-state index contributed by atoms with van der Waals surface area (Å²) < 4.78 is 25.9. The number of guanidine groups is 1. The number of hydrogen-bond acceptors (Lipinski definition) is 4. The second kappa shape index (κ2) is 9.73. The van der Waals surface area contributed by atoms with E-state index in [4.69, 9.17) is 0 Å². The van der Waals surface area contributed by atoms with E-state index in [9.17, 15) is 13.2 Å². The highest BCUT2D eigenvalue weighted by atomic mass is 32.2. The van der Waals surface area contributed by atoms with Crippen molar-refractivity contribution in [2.45, 2.75) is 30.7 Å². The highest BCUT2D eigenvalue weighted by molar-refractivity contribution is 7.89. The van der Waals surface area contributed by atoms with Gasteiger partial charge in [0.25, 0.3) is 0 Å². The number of carbonyl (C=O) groups is 1. The molecule has 3 rings (SSSR count). The molecule has 0 aromatic heterocycles. The van der Waals surface area contributed by atoms with Crippen molar-refractivity contribution in [1.29, 1.82) is 0 Å². The highest BCUT2D eigenvalue weighted by Crippen LogP contribution is 2.31. The molecule has 1 heterocycles. The van der Waals surface area contributed by atoms with E-state index in [1.54, 1.807) is 24.3 Å². The molecule has 4 N–H and O–H groups in total. The smallest absolute Gasteiger partial charge is 0.240 e. The molecule has 0 bridgehead atoms. The van der Waals surface area contributed by atoms with Crippen LogP contribution in [0.15, 0.2) is 58.4 Å². The zero-order valence-corrected chi connectivity index (χ0v) is 17.9. The van der Waals surface area contributed by atoms with Crippen molar-refractivity contribution >= 4 is 27.6 Å². The maximum Gasteiger partial charge on any atom is 0.240 e. The third-order valence-electron chi connectivity index (χ3n) is 4.89. The second-order valence-corrected chi connectivity index (χ2v) is 8.85. The summed E-state index contributed by atoms with van der Waals surface area (Å²) in [7, 11) is -2.06. The molecule has 1 atom stereocenters. The molecule has 0 saturated carbocycles. The van der Waals surface area contributed by atoms with Crippen molar-refractivity contribution in [2.75, 3.05) is 25.5 Å². The Morgan fingerprint density at radius 1 is 1.13 bits per heavy atom. The third-order valence-corrected chi connectivity index (χ3v) is 6.32. The lowest BCUT2D eigenvalue weighted by atomic mass is 9.90. The molecule has 9 heteroatoms. The van der Waals surface area contributed by atoms with Crippen LogP contribution in [0.1, 0.15) is 30.4 Å². The molecular formula is C21H27N5O3S. The van der Waals surface area contributed by atoms with Crippen LogP contribution in [0, 0.1) is 0 Å². The van der Waals surface area contributed by atoms with Gasteiger partial charge in [0, 0.05) is 31.1 Å². The molecule has 0 saturated heterocycles. The molecule has 0 fully saturated rings. The number of benzene rings is 2. The van der Waals surface area contributed by atoms with E-state index in [1.807, 2.05) is 31.2 Å². The van der Waals surface area contributed by atoms with Crippen LogP contribution in [0.4, 0.5) is 5.69 Å². The fourth-order valence-corrected chi connectivity index (χ4v) is 4.04. The maximum absolute atomic E-state index is 12.0. The fourth-order valence-electron chi connectivity index (χ4n) is 3.31. The van der Waals surface area contributed by atoms with Crippen LogP contribution in [0.5, 0.6) is 0 Å². The Morgan fingerprint density at radius 3 is 2.57 bits per heavy atom. The van der Waals surface area contributed by atoms with Gasteiger partial charge in [-0.15, -0.1) is 0 Å². The van der Waals surface area contributed by atoms with Gasteiger partial charge in [0.1, 0.15) is 0 Å². The summed E-state index contributed by atoms with van der Waals surface area (Å²) in [5.41, 5.74) is 2.87. The number of nitrogens with zero attached hydrogens (tertiary/aromatic N) is 1. The zero-order chi connectivity index (χ0) is 21.6. The Labute approximate surface area is 177 Å². The molecule has 0 spiro atoms. The van der Waals surface area contributed by atoms with Crippen molar-refractivity contribution in [3.63, 3.8) is 0 Å². The number of rotatable bonds is 7. The maximum atomic E-state index is 12.0. The van der Waals surface area contributed by atoms with E-state index < -0.39 is 10.0 Å². The standard InChI is InChI=1S/C21H27N5O3S/c1-3-23-21(24-13-15-8-10-17(11-9-15)30(28,29)22-2)25-14-16-12-20(27)26-19-7-5-4-6-18(16)19/h4-11,16,22H,3,12-14H2,1-2H3,(H,26,27)(H2,23,24,25).